The van der Waals surface area contributed by atoms with Gasteiger partial charge in [-0.1, -0.05) is 23.7 Å². The van der Waals surface area contributed by atoms with Crippen LogP contribution in [0.4, 0.5) is 11.6 Å². The predicted octanol–water partition coefficient (Wildman–Crippen LogP) is 3.11. The zero-order valence-electron chi connectivity index (χ0n) is 19.0. The van der Waals surface area contributed by atoms with Crippen LogP contribution in [0.3, 0.4) is 0 Å². The molecule has 0 bridgehead atoms. The summed E-state index contributed by atoms with van der Waals surface area (Å²) in [6, 6.07) is 14.0. The van der Waals surface area contributed by atoms with E-state index >= 15 is 0 Å². The van der Waals surface area contributed by atoms with Crippen molar-refractivity contribution >= 4 is 49.2 Å². The predicted molar refractivity (Wildman–Crippen MR) is 136 cm³/mol. The molecule has 1 aromatic heterocycles. The van der Waals surface area contributed by atoms with Gasteiger partial charge in [0.05, 0.1) is 10.6 Å². The van der Waals surface area contributed by atoms with Crippen LogP contribution in [0.2, 0.25) is 5.02 Å². The van der Waals surface area contributed by atoms with Crippen LogP contribution < -0.4 is 10.0 Å². The number of nitrogens with one attached hydrogen (secondary N) is 2. The van der Waals surface area contributed by atoms with Gasteiger partial charge in [0.15, 0.2) is 0 Å². The van der Waals surface area contributed by atoms with Crippen LogP contribution in [0.1, 0.15) is 18.4 Å². The number of nitrogens with zero attached hydrogens (tertiary/aromatic N) is 3. The fourth-order valence-electron chi connectivity index (χ4n) is 3.77. The molecule has 0 spiro atoms. The first-order valence-electron chi connectivity index (χ1n) is 11.1. The lowest BCUT2D eigenvalue weighted by molar-refractivity contribution is -0.120. The third kappa shape index (κ3) is 6.58. The van der Waals surface area contributed by atoms with Crippen LogP contribution in [-0.2, 0) is 30.6 Å². The number of anilines is 2. The van der Waals surface area contributed by atoms with Gasteiger partial charge in [-0.25, -0.2) is 35.8 Å². The fourth-order valence-corrected chi connectivity index (χ4v) is 6.42. The van der Waals surface area contributed by atoms with Crippen molar-refractivity contribution in [1.82, 2.24) is 14.3 Å². The average Bonchev–Trinajstić information content (AvgIpc) is 2.86. The molecule has 1 saturated heterocycles. The molecule has 0 unspecified atom stereocenters. The first-order valence-corrected chi connectivity index (χ1v) is 14.5. The molecule has 3 aromatic rings. The van der Waals surface area contributed by atoms with E-state index < -0.39 is 20.0 Å². The summed E-state index contributed by atoms with van der Waals surface area (Å²) < 4.78 is 54.2. The molecule has 13 heteroatoms. The van der Waals surface area contributed by atoms with Gasteiger partial charge in [-0.2, -0.15) is 0 Å². The number of aromatic nitrogens is 2. The summed E-state index contributed by atoms with van der Waals surface area (Å²) in [4.78, 5) is 20.4. The number of hydrogen-bond donors (Lipinski definition) is 2. The van der Waals surface area contributed by atoms with Crippen LogP contribution in [0, 0.1) is 5.92 Å². The van der Waals surface area contributed by atoms with Crippen molar-refractivity contribution in [2.75, 3.05) is 23.1 Å². The molecule has 4 rings (SSSR count). The Labute approximate surface area is 214 Å². The van der Waals surface area contributed by atoms with Crippen molar-refractivity contribution < 1.29 is 21.6 Å². The SMILES string of the molecule is O=C(Nc1ccc(S(=O)(=O)Nc2ncccn2)cc1)C1CCN(S(=O)(=O)Cc2ccc(Cl)cc2)CC1. The molecule has 0 saturated carbocycles. The highest BCUT2D eigenvalue weighted by Gasteiger charge is 2.31. The second-order valence-corrected chi connectivity index (χ2v) is 12.3. The molecule has 2 heterocycles. The summed E-state index contributed by atoms with van der Waals surface area (Å²) in [7, 11) is -7.39. The number of rotatable bonds is 8. The van der Waals surface area contributed by atoms with Gasteiger partial charge in [0.25, 0.3) is 10.0 Å². The van der Waals surface area contributed by atoms with Gasteiger partial charge in [0.1, 0.15) is 0 Å². The van der Waals surface area contributed by atoms with Crippen molar-refractivity contribution in [3.63, 3.8) is 0 Å². The van der Waals surface area contributed by atoms with E-state index in [0.29, 0.717) is 29.1 Å². The second kappa shape index (κ2) is 10.9. The Balaban J connectivity index is 1.31. The van der Waals surface area contributed by atoms with Gasteiger partial charge >= 0.3 is 0 Å². The summed E-state index contributed by atoms with van der Waals surface area (Å²) in [5.41, 5.74) is 1.09. The lowest BCUT2D eigenvalue weighted by Gasteiger charge is -2.30. The summed E-state index contributed by atoms with van der Waals surface area (Å²) in [6.07, 6.45) is 3.62. The minimum Gasteiger partial charge on any atom is -0.326 e. The summed E-state index contributed by atoms with van der Waals surface area (Å²) >= 11 is 5.86. The Morgan fingerprint density at radius 1 is 0.944 bits per heavy atom. The molecule has 1 amide bonds. The highest BCUT2D eigenvalue weighted by atomic mass is 35.5. The van der Waals surface area contributed by atoms with E-state index in [9.17, 15) is 21.6 Å². The molecular formula is C23H24ClN5O5S2. The third-order valence-corrected chi connectivity index (χ3v) is 9.15. The Hall–Kier alpha value is -3.06. The topological polar surface area (TPSA) is 138 Å². The maximum Gasteiger partial charge on any atom is 0.264 e. The molecular weight excluding hydrogens is 526 g/mol. The highest BCUT2D eigenvalue weighted by Crippen LogP contribution is 2.24. The van der Waals surface area contributed by atoms with Crippen LogP contribution in [0.25, 0.3) is 0 Å². The van der Waals surface area contributed by atoms with Crippen molar-refractivity contribution in [2.45, 2.75) is 23.5 Å². The lowest BCUT2D eigenvalue weighted by Crippen LogP contribution is -2.41. The van der Waals surface area contributed by atoms with Crippen LogP contribution in [-0.4, -0.2) is 50.1 Å². The number of halogens is 1. The molecule has 0 atom stereocenters. The third-order valence-electron chi connectivity index (χ3n) is 5.70. The zero-order chi connectivity index (χ0) is 25.8. The molecule has 0 radical (unpaired) electrons. The molecule has 2 N–H and O–H groups in total. The number of benzene rings is 2. The van der Waals surface area contributed by atoms with E-state index in [-0.39, 0.29) is 41.5 Å². The summed E-state index contributed by atoms with van der Waals surface area (Å²) in [6.45, 7) is 0.497. The summed E-state index contributed by atoms with van der Waals surface area (Å²) in [5, 5.41) is 3.32. The first kappa shape index (κ1) is 26.0. The van der Waals surface area contributed by atoms with E-state index in [2.05, 4.69) is 20.0 Å². The second-order valence-electron chi connectivity index (χ2n) is 8.25. The van der Waals surface area contributed by atoms with Crippen molar-refractivity contribution in [3.8, 4) is 0 Å². The molecule has 1 aliphatic rings. The molecule has 2 aromatic carbocycles. The van der Waals surface area contributed by atoms with Crippen LogP contribution in [0.5, 0.6) is 0 Å². The van der Waals surface area contributed by atoms with E-state index in [0.717, 1.165) is 0 Å². The number of hydrogen-bond acceptors (Lipinski definition) is 7. The summed E-state index contributed by atoms with van der Waals surface area (Å²) in [5.74, 6) is -0.762. The van der Waals surface area contributed by atoms with Crippen LogP contribution in [0.15, 0.2) is 71.9 Å². The van der Waals surface area contributed by atoms with E-state index in [1.807, 2.05) is 0 Å². The monoisotopic (exact) mass is 549 g/mol. The van der Waals surface area contributed by atoms with Gasteiger partial charge in [-0.3, -0.25) is 4.79 Å². The molecule has 190 valence electrons. The number of sulfonamides is 2. The van der Waals surface area contributed by atoms with E-state index in [1.165, 1.54) is 41.0 Å². The van der Waals surface area contributed by atoms with E-state index in [4.69, 9.17) is 11.6 Å². The average molecular weight is 550 g/mol. The Kier molecular flexibility index (Phi) is 7.88. The lowest BCUT2D eigenvalue weighted by atomic mass is 9.97. The smallest absolute Gasteiger partial charge is 0.264 e. The van der Waals surface area contributed by atoms with Gasteiger partial charge in [-0.15, -0.1) is 0 Å². The van der Waals surface area contributed by atoms with Crippen molar-refractivity contribution in [1.29, 1.82) is 0 Å². The van der Waals surface area contributed by atoms with Crippen molar-refractivity contribution in [2.24, 2.45) is 5.92 Å². The standard InChI is InChI=1S/C23H24ClN5O5S2/c24-19-4-2-17(3-5-19)16-35(31,32)29-14-10-18(11-15-29)22(30)27-20-6-8-21(9-7-20)36(33,34)28-23-25-12-1-13-26-23/h1-9,12-13,18H,10-11,14-16H2,(H,27,30)(H,25,26,28). The molecule has 10 nitrogen and oxygen atoms in total. The molecule has 0 aliphatic carbocycles. The normalized spacial score (nSPS) is 15.4. The number of carbonyl (C=O) groups excluding carboxylic acids is 1. The fraction of sp³-hybridized carbons (Fsp3) is 0.261. The van der Waals surface area contributed by atoms with Crippen LogP contribution >= 0.6 is 11.6 Å². The largest absolute Gasteiger partial charge is 0.326 e. The zero-order valence-corrected chi connectivity index (χ0v) is 21.4. The minimum atomic E-state index is -3.88. The number of carbonyl (C=O) groups is 1. The van der Waals surface area contributed by atoms with Gasteiger partial charge < -0.3 is 5.32 Å². The van der Waals surface area contributed by atoms with E-state index in [1.54, 1.807) is 30.3 Å². The quantitative estimate of drug-likeness (QED) is 0.440. The molecule has 1 aliphatic heterocycles. The number of amides is 1. The molecule has 36 heavy (non-hydrogen) atoms. The Morgan fingerprint density at radius 3 is 2.17 bits per heavy atom. The molecule has 1 fully saturated rings. The number of piperidine rings is 1. The maximum absolute atomic E-state index is 12.8. The van der Waals surface area contributed by atoms with Gasteiger partial charge in [-0.05, 0) is 60.9 Å². The minimum absolute atomic E-state index is 0.00726. The van der Waals surface area contributed by atoms with Crippen molar-refractivity contribution in [3.05, 3.63) is 77.6 Å². The first-order chi connectivity index (χ1) is 17.1. The Morgan fingerprint density at radius 2 is 1.56 bits per heavy atom. The maximum atomic E-state index is 12.8. The van der Waals surface area contributed by atoms with Gasteiger partial charge in [0, 0.05) is 42.1 Å². The Bertz CT molecular complexity index is 1410. The van der Waals surface area contributed by atoms with Gasteiger partial charge in [0.2, 0.25) is 21.9 Å². The highest BCUT2D eigenvalue weighted by molar-refractivity contribution is 7.92.